The molecule has 0 atom stereocenters. The third kappa shape index (κ3) is 4.80. The highest BCUT2D eigenvalue weighted by Gasteiger charge is 2.15. The van der Waals surface area contributed by atoms with E-state index in [1.807, 2.05) is 0 Å². The van der Waals surface area contributed by atoms with Gasteiger partial charge in [-0.15, -0.1) is 0 Å². The summed E-state index contributed by atoms with van der Waals surface area (Å²) in [6.45, 7) is 1.70. The van der Waals surface area contributed by atoms with Crippen molar-refractivity contribution in [2.45, 2.75) is 19.8 Å². The number of carbonyl (C=O) groups excluding carboxylic acids is 1. The molecule has 0 spiro atoms. The predicted octanol–water partition coefficient (Wildman–Crippen LogP) is 2.45. The Hall–Kier alpha value is -3.75. The lowest BCUT2D eigenvalue weighted by molar-refractivity contribution is -0.612. The molecule has 0 aliphatic rings. The van der Waals surface area contributed by atoms with Gasteiger partial charge in [-0.25, -0.2) is 14.4 Å². The number of halogens is 1. The molecule has 0 bridgehead atoms. The number of aryl methyl sites for hydroxylation is 3. The Balaban J connectivity index is 1.70. The van der Waals surface area contributed by atoms with Crippen LogP contribution in [0.5, 0.6) is 5.75 Å². The van der Waals surface area contributed by atoms with Gasteiger partial charge in [-0.2, -0.15) is 4.73 Å². The van der Waals surface area contributed by atoms with Crippen molar-refractivity contribution in [1.82, 2.24) is 15.3 Å². The van der Waals surface area contributed by atoms with Gasteiger partial charge in [0.05, 0.1) is 12.8 Å². The van der Waals surface area contributed by atoms with Crippen molar-refractivity contribution < 1.29 is 18.7 Å². The number of nitrogens with zero attached hydrogens (tertiary/aromatic N) is 3. The van der Waals surface area contributed by atoms with Crippen LogP contribution in [0, 0.1) is 17.9 Å². The number of methoxy groups -OCH3 is 1. The molecule has 0 aliphatic carbocycles. The van der Waals surface area contributed by atoms with Crippen molar-refractivity contribution in [2.75, 3.05) is 19.5 Å². The number of carbonyl (C=O) groups is 1. The molecule has 0 aliphatic heterocycles. The van der Waals surface area contributed by atoms with Gasteiger partial charge in [0.2, 0.25) is 5.95 Å². The van der Waals surface area contributed by atoms with Crippen molar-refractivity contribution >= 4 is 17.5 Å². The standard InChI is InChI=1S/C21H22FN5O3/c1-13-8-17(6-7-27(13)29)26-21-24-11-14(12-25-21)4-5-15-9-16(20(28)23-2)10-18(30-3)19(15)22/h6-12H,4-5H2,1-3H3,(H,23,28)(H,24,25,26). The van der Waals surface area contributed by atoms with Crippen LogP contribution in [-0.2, 0) is 12.8 Å². The van der Waals surface area contributed by atoms with Crippen LogP contribution in [0.3, 0.4) is 0 Å². The Morgan fingerprint density at radius 1 is 1.23 bits per heavy atom. The first-order valence-corrected chi connectivity index (χ1v) is 9.27. The zero-order valence-corrected chi connectivity index (χ0v) is 16.9. The number of benzene rings is 1. The van der Waals surface area contributed by atoms with Crippen molar-refractivity contribution in [3.05, 3.63) is 76.3 Å². The second kappa shape index (κ2) is 9.17. The summed E-state index contributed by atoms with van der Waals surface area (Å²) in [5.74, 6) is -0.387. The molecule has 2 aromatic heterocycles. The second-order valence-electron chi connectivity index (χ2n) is 6.65. The van der Waals surface area contributed by atoms with Crippen LogP contribution in [-0.4, -0.2) is 30.0 Å². The number of amides is 1. The van der Waals surface area contributed by atoms with E-state index in [9.17, 15) is 14.4 Å². The molecule has 1 amide bonds. The van der Waals surface area contributed by atoms with E-state index >= 15 is 0 Å². The lowest BCUT2D eigenvalue weighted by Gasteiger charge is -2.11. The third-order valence-corrected chi connectivity index (χ3v) is 4.57. The SMILES string of the molecule is CNC(=O)c1cc(CCc2cnc(Nc3cc[n+]([O-])c(C)c3)nc2)c(F)c(OC)c1. The largest absolute Gasteiger partial charge is 0.619 e. The molecular formula is C21H22FN5O3. The number of hydrogen-bond acceptors (Lipinski definition) is 6. The topological polar surface area (TPSA) is 103 Å². The van der Waals surface area contributed by atoms with E-state index in [0.717, 1.165) is 10.3 Å². The van der Waals surface area contributed by atoms with Crippen molar-refractivity contribution in [3.8, 4) is 5.75 Å². The number of aromatic nitrogens is 3. The fraction of sp³-hybridized carbons (Fsp3) is 0.238. The van der Waals surface area contributed by atoms with Crippen molar-refractivity contribution in [2.24, 2.45) is 0 Å². The van der Waals surface area contributed by atoms with Gasteiger partial charge in [0, 0.05) is 44.1 Å². The summed E-state index contributed by atoms with van der Waals surface area (Å²) in [6, 6.07) is 6.22. The minimum Gasteiger partial charge on any atom is -0.619 e. The molecule has 30 heavy (non-hydrogen) atoms. The van der Waals surface area contributed by atoms with Crippen LogP contribution in [0.1, 0.15) is 27.2 Å². The number of pyridine rings is 1. The molecule has 9 heteroatoms. The van der Waals surface area contributed by atoms with Gasteiger partial charge in [0.1, 0.15) is 0 Å². The number of ether oxygens (including phenoxy) is 1. The Kier molecular flexibility index (Phi) is 6.41. The van der Waals surface area contributed by atoms with Gasteiger partial charge in [-0.3, -0.25) is 4.79 Å². The highest BCUT2D eigenvalue weighted by atomic mass is 19.1. The molecule has 2 N–H and O–H groups in total. The molecule has 3 rings (SSSR count). The molecule has 0 unspecified atom stereocenters. The maximum absolute atomic E-state index is 14.6. The van der Waals surface area contributed by atoms with E-state index in [0.29, 0.717) is 41.3 Å². The molecule has 8 nitrogen and oxygen atoms in total. The smallest absolute Gasteiger partial charge is 0.251 e. The van der Waals surface area contributed by atoms with Gasteiger partial charge in [0.25, 0.3) is 5.91 Å². The Morgan fingerprint density at radius 3 is 2.60 bits per heavy atom. The molecule has 0 saturated carbocycles. The zero-order chi connectivity index (χ0) is 21.7. The molecule has 3 aromatic rings. The third-order valence-electron chi connectivity index (χ3n) is 4.57. The van der Waals surface area contributed by atoms with E-state index < -0.39 is 5.82 Å². The molecule has 1 aromatic carbocycles. The zero-order valence-electron chi connectivity index (χ0n) is 16.9. The summed E-state index contributed by atoms with van der Waals surface area (Å²) < 4.78 is 20.4. The summed E-state index contributed by atoms with van der Waals surface area (Å²) in [5, 5.41) is 16.9. The normalized spacial score (nSPS) is 10.5. The van der Waals surface area contributed by atoms with Gasteiger partial charge in [-0.1, -0.05) is 0 Å². The van der Waals surface area contributed by atoms with Gasteiger partial charge in [-0.05, 0) is 36.1 Å². The average molecular weight is 411 g/mol. The first-order valence-electron chi connectivity index (χ1n) is 9.27. The number of hydrogen-bond donors (Lipinski definition) is 2. The number of nitrogens with one attached hydrogen (secondary N) is 2. The molecular weight excluding hydrogens is 389 g/mol. The first-order chi connectivity index (χ1) is 14.4. The first kappa shape index (κ1) is 21.0. The van der Waals surface area contributed by atoms with Crippen LogP contribution in [0.2, 0.25) is 0 Å². The van der Waals surface area contributed by atoms with E-state index in [1.54, 1.807) is 31.5 Å². The summed E-state index contributed by atoms with van der Waals surface area (Å²) in [4.78, 5) is 20.4. The number of anilines is 2. The Bertz CT molecular complexity index is 1060. The highest BCUT2D eigenvalue weighted by molar-refractivity contribution is 5.94. The second-order valence-corrected chi connectivity index (χ2v) is 6.65. The van der Waals surface area contributed by atoms with Crippen LogP contribution in [0.4, 0.5) is 16.0 Å². The predicted molar refractivity (Wildman–Crippen MR) is 109 cm³/mol. The van der Waals surface area contributed by atoms with E-state index in [2.05, 4.69) is 20.6 Å². The van der Waals surface area contributed by atoms with Crippen molar-refractivity contribution in [1.29, 1.82) is 0 Å². The minimum absolute atomic E-state index is 0.0273. The lowest BCUT2D eigenvalue weighted by atomic mass is 10.0. The molecule has 0 radical (unpaired) electrons. The monoisotopic (exact) mass is 411 g/mol. The molecule has 0 fully saturated rings. The highest BCUT2D eigenvalue weighted by Crippen LogP contribution is 2.24. The maximum atomic E-state index is 14.6. The Morgan fingerprint density at radius 2 is 1.97 bits per heavy atom. The molecule has 156 valence electrons. The quantitative estimate of drug-likeness (QED) is 0.457. The van der Waals surface area contributed by atoms with Gasteiger partial charge in [0.15, 0.2) is 23.5 Å². The maximum Gasteiger partial charge on any atom is 0.251 e. The summed E-state index contributed by atoms with van der Waals surface area (Å²) in [7, 11) is 2.88. The fourth-order valence-electron chi connectivity index (χ4n) is 2.90. The summed E-state index contributed by atoms with van der Waals surface area (Å²) >= 11 is 0. The fourth-order valence-corrected chi connectivity index (χ4v) is 2.90. The van der Waals surface area contributed by atoms with Crippen LogP contribution in [0.25, 0.3) is 0 Å². The summed E-state index contributed by atoms with van der Waals surface area (Å²) in [6.07, 6.45) is 5.54. The van der Waals surface area contributed by atoms with Gasteiger partial charge < -0.3 is 20.6 Å². The average Bonchev–Trinajstić information content (AvgIpc) is 2.76. The molecule has 0 saturated heterocycles. The lowest BCUT2D eigenvalue weighted by Crippen LogP contribution is -2.28. The Labute approximate surface area is 173 Å². The van der Waals surface area contributed by atoms with Gasteiger partial charge >= 0.3 is 0 Å². The minimum atomic E-state index is -0.487. The van der Waals surface area contributed by atoms with Crippen LogP contribution >= 0.6 is 0 Å². The summed E-state index contributed by atoms with van der Waals surface area (Å²) in [5.41, 5.74) is 2.77. The van der Waals surface area contributed by atoms with E-state index in [1.165, 1.54) is 32.5 Å². The van der Waals surface area contributed by atoms with E-state index in [4.69, 9.17) is 4.74 Å². The van der Waals surface area contributed by atoms with Crippen molar-refractivity contribution in [3.63, 3.8) is 0 Å². The van der Waals surface area contributed by atoms with E-state index in [-0.39, 0.29) is 11.7 Å². The molecule has 2 heterocycles. The van der Waals surface area contributed by atoms with Crippen LogP contribution in [0.15, 0.2) is 42.9 Å². The number of rotatable bonds is 7. The van der Waals surface area contributed by atoms with Crippen LogP contribution < -0.4 is 20.1 Å².